The van der Waals surface area contributed by atoms with Crippen molar-refractivity contribution in [3.8, 4) is 11.5 Å². The van der Waals surface area contributed by atoms with E-state index in [0.29, 0.717) is 23.3 Å². The molecule has 0 radical (unpaired) electrons. The predicted octanol–water partition coefficient (Wildman–Crippen LogP) is 6.09. The summed E-state index contributed by atoms with van der Waals surface area (Å²) < 4.78 is 12.0. The maximum atomic E-state index is 12.9. The number of hydrogen-bond donors (Lipinski definition) is 0. The van der Waals surface area contributed by atoms with Gasteiger partial charge >= 0.3 is 0 Å². The Hall–Kier alpha value is -2.24. The monoisotopic (exact) mass is 512 g/mol. The Morgan fingerprint density at radius 3 is 2.53 bits per heavy atom. The van der Waals surface area contributed by atoms with Gasteiger partial charge in [-0.1, -0.05) is 50.1 Å². The second-order valence-corrected chi connectivity index (χ2v) is 11.4. The van der Waals surface area contributed by atoms with Crippen LogP contribution in [-0.4, -0.2) is 61.6 Å². The Balaban J connectivity index is 1.38. The first-order valence-electron chi connectivity index (χ1n) is 13.5. The van der Waals surface area contributed by atoms with Crippen LogP contribution in [0.25, 0.3) is 0 Å². The minimum absolute atomic E-state index is 0.0667. The number of amides is 1. The molecule has 1 spiro atoms. The third-order valence-corrected chi connectivity index (χ3v) is 7.83. The van der Waals surface area contributed by atoms with Crippen molar-refractivity contribution in [2.45, 2.75) is 52.4 Å². The molecule has 2 aromatic rings. The van der Waals surface area contributed by atoms with Gasteiger partial charge in [-0.25, -0.2) is 0 Å². The van der Waals surface area contributed by atoms with E-state index < -0.39 is 0 Å². The van der Waals surface area contributed by atoms with Crippen molar-refractivity contribution in [3.63, 3.8) is 0 Å². The van der Waals surface area contributed by atoms with E-state index in [9.17, 15) is 4.79 Å². The van der Waals surface area contributed by atoms with Gasteiger partial charge in [0, 0.05) is 37.7 Å². The fourth-order valence-electron chi connectivity index (χ4n) is 5.66. The lowest BCUT2D eigenvalue weighted by Gasteiger charge is -2.45. The van der Waals surface area contributed by atoms with E-state index in [0.717, 1.165) is 57.7 Å². The van der Waals surface area contributed by atoms with Crippen molar-refractivity contribution in [1.82, 2.24) is 9.80 Å². The molecule has 1 saturated heterocycles. The van der Waals surface area contributed by atoms with E-state index in [1.807, 2.05) is 4.90 Å². The number of halogens is 1. The van der Waals surface area contributed by atoms with E-state index in [-0.39, 0.29) is 17.9 Å². The second kappa shape index (κ2) is 12.8. The van der Waals surface area contributed by atoms with Crippen LogP contribution in [0.15, 0.2) is 48.5 Å². The van der Waals surface area contributed by atoms with Crippen LogP contribution in [-0.2, 0) is 11.2 Å². The zero-order valence-corrected chi connectivity index (χ0v) is 22.6. The average molecular weight is 513 g/mol. The molecule has 4 rings (SSSR count). The second-order valence-electron chi connectivity index (χ2n) is 10.9. The van der Waals surface area contributed by atoms with E-state index in [4.69, 9.17) is 21.1 Å². The number of carbonyl (C=O) groups is 1. The summed E-state index contributed by atoms with van der Waals surface area (Å²) in [4.78, 5) is 17.5. The first-order chi connectivity index (χ1) is 17.4. The van der Waals surface area contributed by atoms with Gasteiger partial charge < -0.3 is 14.4 Å². The zero-order chi connectivity index (χ0) is 25.4. The molecule has 5 nitrogen and oxygen atoms in total. The summed E-state index contributed by atoms with van der Waals surface area (Å²) >= 11 is 5.94. The van der Waals surface area contributed by atoms with E-state index in [2.05, 4.69) is 43.0 Å². The molecule has 0 N–H and O–H groups in total. The number of ether oxygens (including phenoxy) is 2. The Bertz CT molecular complexity index is 970. The van der Waals surface area contributed by atoms with Crippen molar-refractivity contribution < 1.29 is 14.3 Å². The molecule has 0 saturated carbocycles. The number of piperidine rings is 1. The molecule has 0 atom stereocenters. The molecule has 2 aliphatic rings. The number of hydrogen-bond acceptors (Lipinski definition) is 4. The highest BCUT2D eigenvalue weighted by atomic mass is 35.5. The number of para-hydroxylation sites is 1. The van der Waals surface area contributed by atoms with Gasteiger partial charge in [0.2, 0.25) is 0 Å². The molecule has 0 aromatic heterocycles. The van der Waals surface area contributed by atoms with Gasteiger partial charge in [0.25, 0.3) is 5.91 Å². The Morgan fingerprint density at radius 1 is 1.03 bits per heavy atom. The molecule has 0 bridgehead atoms. The maximum Gasteiger partial charge on any atom is 0.260 e. The molecule has 0 unspecified atom stereocenters. The molecular formula is C30H41ClN2O3. The smallest absolute Gasteiger partial charge is 0.260 e. The lowest BCUT2D eigenvalue weighted by atomic mass is 9.73. The fourth-order valence-corrected chi connectivity index (χ4v) is 5.79. The largest absolute Gasteiger partial charge is 0.492 e. The van der Waals surface area contributed by atoms with Crippen LogP contribution in [0.5, 0.6) is 11.5 Å². The standard InChI is InChI=1S/C30H41ClN2O3/c1-24(2)21-32-19-20-35-28-9-4-3-7-25(28)8-5-6-14-30(23-32)15-17-33(18-16-30)29(34)22-36-27-12-10-26(31)11-13-27/h3-4,7,9-13,24H,5-6,8,14-23H2,1-2H3. The van der Waals surface area contributed by atoms with Gasteiger partial charge in [0.1, 0.15) is 18.1 Å². The first-order valence-corrected chi connectivity index (χ1v) is 13.9. The quantitative estimate of drug-likeness (QED) is 0.486. The number of rotatable bonds is 5. The van der Waals surface area contributed by atoms with Gasteiger partial charge in [-0.3, -0.25) is 9.69 Å². The van der Waals surface area contributed by atoms with Gasteiger partial charge in [-0.2, -0.15) is 0 Å². The zero-order valence-electron chi connectivity index (χ0n) is 21.9. The fraction of sp³-hybridized carbons (Fsp3) is 0.567. The molecule has 1 fully saturated rings. The molecule has 2 aliphatic heterocycles. The number of benzene rings is 2. The number of aryl methyl sites for hydroxylation is 1. The Kier molecular flexibility index (Phi) is 9.55. The van der Waals surface area contributed by atoms with Gasteiger partial charge in [0.15, 0.2) is 6.61 Å². The Morgan fingerprint density at radius 2 is 1.78 bits per heavy atom. The molecule has 1 amide bonds. The molecular weight excluding hydrogens is 472 g/mol. The minimum atomic E-state index is 0.0667. The van der Waals surface area contributed by atoms with Crippen molar-refractivity contribution >= 4 is 17.5 Å². The number of carbonyl (C=O) groups excluding carboxylic acids is 1. The van der Waals surface area contributed by atoms with Gasteiger partial charge in [-0.15, -0.1) is 0 Å². The number of nitrogens with zero attached hydrogens (tertiary/aromatic N) is 2. The molecule has 196 valence electrons. The first kappa shape index (κ1) is 26.8. The van der Waals surface area contributed by atoms with Gasteiger partial charge in [-0.05, 0) is 79.3 Å². The predicted molar refractivity (Wildman–Crippen MR) is 146 cm³/mol. The topological polar surface area (TPSA) is 42.0 Å². The summed E-state index contributed by atoms with van der Waals surface area (Å²) in [6.07, 6.45) is 6.75. The van der Waals surface area contributed by atoms with Crippen LogP contribution in [0.4, 0.5) is 0 Å². The maximum absolute atomic E-state index is 12.9. The average Bonchev–Trinajstić information content (AvgIpc) is 2.86. The van der Waals surface area contributed by atoms with Crippen LogP contribution >= 0.6 is 11.6 Å². The Labute approximate surface area is 221 Å². The summed E-state index contributed by atoms with van der Waals surface area (Å²) in [7, 11) is 0. The van der Waals surface area contributed by atoms with Crippen molar-refractivity contribution in [1.29, 1.82) is 0 Å². The highest BCUT2D eigenvalue weighted by Gasteiger charge is 2.37. The SMILES string of the molecule is CC(C)CN1CCOc2ccccc2CCCCC2(CCN(C(=O)COc3ccc(Cl)cc3)CC2)C1. The summed E-state index contributed by atoms with van der Waals surface area (Å²) in [5, 5.41) is 0.661. The highest BCUT2D eigenvalue weighted by molar-refractivity contribution is 6.30. The summed E-state index contributed by atoms with van der Waals surface area (Å²) in [6, 6.07) is 15.7. The third-order valence-electron chi connectivity index (χ3n) is 7.58. The molecule has 2 aromatic carbocycles. The number of likely N-dealkylation sites (tertiary alicyclic amines) is 1. The van der Waals surface area contributed by atoms with Crippen LogP contribution < -0.4 is 9.47 Å². The minimum Gasteiger partial charge on any atom is -0.492 e. The summed E-state index contributed by atoms with van der Waals surface area (Å²) in [6.45, 7) is 10.1. The molecule has 0 aliphatic carbocycles. The van der Waals surface area contributed by atoms with Crippen LogP contribution in [0.3, 0.4) is 0 Å². The van der Waals surface area contributed by atoms with E-state index in [1.165, 1.54) is 24.8 Å². The lowest BCUT2D eigenvalue weighted by Crippen LogP contribution is -2.50. The molecule has 6 heteroatoms. The van der Waals surface area contributed by atoms with Crippen LogP contribution in [0.1, 0.15) is 51.5 Å². The lowest BCUT2D eigenvalue weighted by molar-refractivity contribution is -0.136. The van der Waals surface area contributed by atoms with Crippen LogP contribution in [0, 0.1) is 11.3 Å². The number of fused-ring (bicyclic) bond motifs is 1. The van der Waals surface area contributed by atoms with Crippen molar-refractivity contribution in [3.05, 3.63) is 59.1 Å². The third kappa shape index (κ3) is 7.63. The highest BCUT2D eigenvalue weighted by Crippen LogP contribution is 2.38. The van der Waals surface area contributed by atoms with E-state index >= 15 is 0 Å². The molecule has 2 heterocycles. The van der Waals surface area contributed by atoms with Crippen LogP contribution in [0.2, 0.25) is 5.02 Å². The molecule has 36 heavy (non-hydrogen) atoms. The summed E-state index contributed by atoms with van der Waals surface area (Å²) in [5.41, 5.74) is 1.57. The summed E-state index contributed by atoms with van der Waals surface area (Å²) in [5.74, 6) is 2.39. The van der Waals surface area contributed by atoms with Gasteiger partial charge in [0.05, 0.1) is 0 Å². The van der Waals surface area contributed by atoms with Crippen molar-refractivity contribution in [2.24, 2.45) is 11.3 Å². The van der Waals surface area contributed by atoms with E-state index in [1.54, 1.807) is 24.3 Å². The normalized spacial score (nSPS) is 19.2. The van der Waals surface area contributed by atoms with Crippen molar-refractivity contribution in [2.75, 3.05) is 45.9 Å².